The fourth-order valence-corrected chi connectivity index (χ4v) is 4.34. The van der Waals surface area contributed by atoms with Crippen molar-refractivity contribution in [1.82, 2.24) is 4.90 Å². The van der Waals surface area contributed by atoms with Crippen molar-refractivity contribution >= 4 is 5.97 Å². The number of carboxylic acid groups (broad SMARTS) is 1. The van der Waals surface area contributed by atoms with E-state index in [1.165, 1.54) is 77.3 Å². The molecule has 0 bridgehead atoms. The van der Waals surface area contributed by atoms with Crippen LogP contribution in [-0.2, 0) is 4.79 Å². The summed E-state index contributed by atoms with van der Waals surface area (Å²) >= 11 is 0. The molecular weight excluding hydrogens is 274 g/mol. The highest BCUT2D eigenvalue weighted by Crippen LogP contribution is 2.28. The highest BCUT2D eigenvalue weighted by molar-refractivity contribution is 5.66. The molecule has 22 heavy (non-hydrogen) atoms. The fourth-order valence-electron chi connectivity index (χ4n) is 4.34. The lowest BCUT2D eigenvalue weighted by Gasteiger charge is -2.33. The van der Waals surface area contributed by atoms with Gasteiger partial charge in [-0.15, -0.1) is 0 Å². The maximum atomic E-state index is 10.7. The van der Waals surface area contributed by atoms with Gasteiger partial charge in [0.25, 0.3) is 0 Å². The van der Waals surface area contributed by atoms with E-state index in [0.717, 1.165) is 31.2 Å². The third-order valence-corrected chi connectivity index (χ3v) is 5.60. The van der Waals surface area contributed by atoms with E-state index in [9.17, 15) is 4.79 Å². The minimum Gasteiger partial charge on any atom is -0.481 e. The molecule has 128 valence electrons. The number of rotatable bonds is 9. The predicted octanol–water partition coefficient (Wildman–Crippen LogP) is 4.70. The summed E-state index contributed by atoms with van der Waals surface area (Å²) in [6.07, 6.45) is 16.4. The summed E-state index contributed by atoms with van der Waals surface area (Å²) in [6.45, 7) is 3.65. The average Bonchev–Trinajstić information content (AvgIpc) is 2.53. The second kappa shape index (κ2) is 10.3. The largest absolute Gasteiger partial charge is 0.481 e. The van der Waals surface area contributed by atoms with Gasteiger partial charge in [-0.25, -0.2) is 0 Å². The smallest absolute Gasteiger partial charge is 0.303 e. The molecule has 0 heterocycles. The molecule has 0 aliphatic heterocycles. The molecule has 0 aromatic carbocycles. The first-order chi connectivity index (χ1) is 10.7. The summed E-state index contributed by atoms with van der Waals surface area (Å²) in [6, 6.07) is 0. The molecule has 0 aromatic heterocycles. The second-order valence-electron chi connectivity index (χ2n) is 7.62. The number of nitrogens with zero attached hydrogens (tertiary/aromatic N) is 1. The molecule has 0 amide bonds. The van der Waals surface area contributed by atoms with Crippen LogP contribution in [0, 0.1) is 11.8 Å². The monoisotopic (exact) mass is 309 g/mol. The van der Waals surface area contributed by atoms with Crippen molar-refractivity contribution in [2.24, 2.45) is 11.8 Å². The third kappa shape index (κ3) is 7.13. The van der Waals surface area contributed by atoms with E-state index in [-0.39, 0.29) is 0 Å². The fraction of sp³-hybridized carbons (Fsp3) is 0.947. The van der Waals surface area contributed by atoms with E-state index in [4.69, 9.17) is 5.11 Å². The molecular formula is C19H35NO2. The van der Waals surface area contributed by atoms with Crippen LogP contribution in [0.1, 0.15) is 83.5 Å². The molecule has 0 radical (unpaired) electrons. The zero-order chi connectivity index (χ0) is 15.6. The van der Waals surface area contributed by atoms with Crippen molar-refractivity contribution in [2.75, 3.05) is 19.6 Å². The Morgan fingerprint density at radius 3 is 1.77 bits per heavy atom. The molecule has 0 unspecified atom stereocenters. The lowest BCUT2D eigenvalue weighted by atomic mass is 9.87. The molecule has 3 nitrogen and oxygen atoms in total. The Hall–Kier alpha value is -0.570. The average molecular weight is 309 g/mol. The van der Waals surface area contributed by atoms with Crippen molar-refractivity contribution in [3.05, 3.63) is 0 Å². The van der Waals surface area contributed by atoms with E-state index in [0.29, 0.717) is 6.42 Å². The molecule has 2 aliphatic carbocycles. The topological polar surface area (TPSA) is 40.5 Å². The van der Waals surface area contributed by atoms with Gasteiger partial charge in [-0.2, -0.15) is 0 Å². The highest BCUT2D eigenvalue weighted by atomic mass is 16.4. The molecule has 2 fully saturated rings. The first kappa shape index (κ1) is 17.8. The molecule has 0 aromatic rings. The van der Waals surface area contributed by atoms with Gasteiger partial charge in [-0.3, -0.25) is 4.79 Å². The van der Waals surface area contributed by atoms with Crippen molar-refractivity contribution in [2.45, 2.75) is 83.5 Å². The van der Waals surface area contributed by atoms with Crippen LogP contribution in [0.25, 0.3) is 0 Å². The molecule has 0 spiro atoms. The van der Waals surface area contributed by atoms with Gasteiger partial charge in [0, 0.05) is 19.5 Å². The zero-order valence-electron chi connectivity index (χ0n) is 14.3. The Bertz CT molecular complexity index is 287. The molecule has 0 atom stereocenters. The second-order valence-corrected chi connectivity index (χ2v) is 7.62. The van der Waals surface area contributed by atoms with Gasteiger partial charge >= 0.3 is 5.97 Å². The Morgan fingerprint density at radius 1 is 0.818 bits per heavy atom. The van der Waals surface area contributed by atoms with Gasteiger partial charge in [0.1, 0.15) is 0 Å². The summed E-state index contributed by atoms with van der Waals surface area (Å²) in [7, 11) is 0. The molecule has 3 heteroatoms. The Balaban J connectivity index is 1.74. The van der Waals surface area contributed by atoms with Crippen LogP contribution in [0.2, 0.25) is 0 Å². The number of carbonyl (C=O) groups is 1. The Morgan fingerprint density at radius 2 is 1.32 bits per heavy atom. The highest BCUT2D eigenvalue weighted by Gasteiger charge is 2.21. The summed E-state index contributed by atoms with van der Waals surface area (Å²) in [5.74, 6) is 1.15. The predicted molar refractivity (Wildman–Crippen MR) is 91.1 cm³/mol. The van der Waals surface area contributed by atoms with Crippen molar-refractivity contribution in [3.8, 4) is 0 Å². The normalized spacial score (nSPS) is 21.3. The van der Waals surface area contributed by atoms with Crippen LogP contribution >= 0.6 is 0 Å². The molecule has 2 rings (SSSR count). The lowest BCUT2D eigenvalue weighted by Crippen LogP contribution is -2.36. The van der Waals surface area contributed by atoms with Gasteiger partial charge in [-0.1, -0.05) is 38.5 Å². The number of unbranched alkanes of at least 4 members (excludes halogenated alkanes) is 1. The maximum absolute atomic E-state index is 10.7. The lowest BCUT2D eigenvalue weighted by molar-refractivity contribution is -0.137. The van der Waals surface area contributed by atoms with E-state index in [1.807, 2.05) is 0 Å². The SMILES string of the molecule is O=C(O)CCCCN(CC1CCCCC1)CC1CCCCC1. The Labute approximate surface area is 136 Å². The number of aliphatic carboxylic acids is 1. The van der Waals surface area contributed by atoms with Crippen molar-refractivity contribution in [1.29, 1.82) is 0 Å². The van der Waals surface area contributed by atoms with Gasteiger partial charge in [0.2, 0.25) is 0 Å². The van der Waals surface area contributed by atoms with Gasteiger partial charge in [0.05, 0.1) is 0 Å². The minimum atomic E-state index is -0.647. The molecule has 0 saturated heterocycles. The summed E-state index contributed by atoms with van der Waals surface area (Å²) in [5.41, 5.74) is 0. The van der Waals surface area contributed by atoms with Gasteiger partial charge in [0.15, 0.2) is 0 Å². The molecule has 1 N–H and O–H groups in total. The quantitative estimate of drug-likeness (QED) is 0.627. The van der Waals surface area contributed by atoms with Crippen molar-refractivity contribution < 1.29 is 9.90 Å². The van der Waals surface area contributed by atoms with E-state index >= 15 is 0 Å². The van der Waals surface area contributed by atoms with Crippen LogP contribution in [0.3, 0.4) is 0 Å². The van der Waals surface area contributed by atoms with Gasteiger partial charge < -0.3 is 10.0 Å². The summed E-state index contributed by atoms with van der Waals surface area (Å²) in [5, 5.41) is 8.79. The third-order valence-electron chi connectivity index (χ3n) is 5.60. The van der Waals surface area contributed by atoms with Crippen LogP contribution < -0.4 is 0 Å². The van der Waals surface area contributed by atoms with Gasteiger partial charge in [-0.05, 0) is 56.9 Å². The standard InChI is InChI=1S/C19H35NO2/c21-19(22)13-7-8-14-20(15-17-9-3-1-4-10-17)16-18-11-5-2-6-12-18/h17-18H,1-16H2,(H,21,22). The number of hydrogen-bond acceptors (Lipinski definition) is 2. The van der Waals surface area contributed by atoms with Crippen LogP contribution in [0.15, 0.2) is 0 Å². The van der Waals surface area contributed by atoms with E-state index < -0.39 is 5.97 Å². The Kier molecular flexibility index (Phi) is 8.28. The molecule has 2 saturated carbocycles. The van der Waals surface area contributed by atoms with Crippen LogP contribution in [0.4, 0.5) is 0 Å². The number of carboxylic acids is 1. The zero-order valence-corrected chi connectivity index (χ0v) is 14.3. The first-order valence-electron chi connectivity index (χ1n) is 9.68. The van der Waals surface area contributed by atoms with E-state index in [2.05, 4.69) is 4.90 Å². The first-order valence-corrected chi connectivity index (χ1v) is 9.68. The molecule has 2 aliphatic rings. The summed E-state index contributed by atoms with van der Waals surface area (Å²) < 4.78 is 0. The minimum absolute atomic E-state index is 0.334. The summed E-state index contributed by atoms with van der Waals surface area (Å²) in [4.78, 5) is 13.4. The van der Waals surface area contributed by atoms with E-state index in [1.54, 1.807) is 0 Å². The van der Waals surface area contributed by atoms with Crippen LogP contribution in [-0.4, -0.2) is 35.6 Å². The number of hydrogen-bond donors (Lipinski definition) is 1. The maximum Gasteiger partial charge on any atom is 0.303 e. The van der Waals surface area contributed by atoms with Crippen molar-refractivity contribution in [3.63, 3.8) is 0 Å². The van der Waals surface area contributed by atoms with Crippen LogP contribution in [0.5, 0.6) is 0 Å².